The fraction of sp³-hybridized carbons (Fsp3) is 0.524. The summed E-state index contributed by atoms with van der Waals surface area (Å²) in [5.74, 6) is -0.619. The van der Waals surface area contributed by atoms with Crippen LogP contribution in [0.5, 0.6) is 0 Å². The van der Waals surface area contributed by atoms with Gasteiger partial charge < -0.3 is 0 Å². The Morgan fingerprint density at radius 1 is 0.840 bits per heavy atom. The van der Waals surface area contributed by atoms with Gasteiger partial charge in [-0.1, -0.05) is 93.3 Å². The molecule has 0 bridgehead atoms. The highest BCUT2D eigenvalue weighted by Crippen LogP contribution is 2.32. The third kappa shape index (κ3) is 5.18. The first kappa shape index (κ1) is 19.7. The number of hydrogen-bond donors (Lipinski definition) is 0. The molecule has 2 rings (SSSR count). The SMILES string of the molecule is CCCCCCCCCCN1C(=O)C(Cl)=C(c2ccc(C)cc2)C1=O. The first-order chi connectivity index (χ1) is 12.1. The molecule has 0 fully saturated rings. The average Bonchev–Trinajstić information content (AvgIpc) is 2.81. The summed E-state index contributed by atoms with van der Waals surface area (Å²) in [6, 6.07) is 7.53. The summed E-state index contributed by atoms with van der Waals surface area (Å²) in [6.45, 7) is 4.66. The Kier molecular flexibility index (Phi) is 7.70. The molecule has 0 aromatic heterocycles. The zero-order valence-electron chi connectivity index (χ0n) is 15.3. The topological polar surface area (TPSA) is 37.4 Å². The van der Waals surface area contributed by atoms with Gasteiger partial charge in [-0.15, -0.1) is 0 Å². The van der Waals surface area contributed by atoms with Crippen molar-refractivity contribution in [2.75, 3.05) is 6.54 Å². The van der Waals surface area contributed by atoms with E-state index in [4.69, 9.17) is 11.6 Å². The monoisotopic (exact) mass is 361 g/mol. The maximum absolute atomic E-state index is 12.6. The maximum atomic E-state index is 12.6. The minimum Gasteiger partial charge on any atom is -0.274 e. The lowest BCUT2D eigenvalue weighted by atomic mass is 10.0. The van der Waals surface area contributed by atoms with Crippen LogP contribution in [-0.2, 0) is 9.59 Å². The number of carbonyl (C=O) groups is 2. The van der Waals surface area contributed by atoms with Crippen molar-refractivity contribution in [2.45, 2.75) is 65.2 Å². The Morgan fingerprint density at radius 3 is 2.00 bits per heavy atom. The number of unbranched alkanes of at least 4 members (excludes halogenated alkanes) is 7. The van der Waals surface area contributed by atoms with Crippen LogP contribution in [0.3, 0.4) is 0 Å². The molecule has 3 nitrogen and oxygen atoms in total. The Labute approximate surface area is 156 Å². The maximum Gasteiger partial charge on any atom is 0.273 e. The van der Waals surface area contributed by atoms with Crippen molar-refractivity contribution >= 4 is 29.0 Å². The number of imide groups is 1. The van der Waals surface area contributed by atoms with Crippen LogP contribution in [0.15, 0.2) is 29.3 Å². The molecule has 0 atom stereocenters. The Bertz CT molecular complexity index is 634. The van der Waals surface area contributed by atoms with Crippen LogP contribution >= 0.6 is 11.6 Å². The van der Waals surface area contributed by atoms with E-state index in [-0.39, 0.29) is 16.8 Å². The van der Waals surface area contributed by atoms with Gasteiger partial charge >= 0.3 is 0 Å². The van der Waals surface area contributed by atoms with Gasteiger partial charge in [-0.3, -0.25) is 14.5 Å². The van der Waals surface area contributed by atoms with E-state index in [1.165, 1.54) is 37.0 Å². The van der Waals surface area contributed by atoms with E-state index in [9.17, 15) is 9.59 Å². The largest absolute Gasteiger partial charge is 0.274 e. The normalized spacial score (nSPS) is 14.8. The summed E-state index contributed by atoms with van der Waals surface area (Å²) in [7, 11) is 0. The van der Waals surface area contributed by atoms with E-state index in [1.54, 1.807) is 0 Å². The molecule has 1 aliphatic heterocycles. The molecular formula is C21H28ClNO2. The molecule has 0 aliphatic carbocycles. The fourth-order valence-electron chi connectivity index (χ4n) is 3.12. The van der Waals surface area contributed by atoms with E-state index in [2.05, 4.69) is 6.92 Å². The molecule has 1 aromatic carbocycles. The van der Waals surface area contributed by atoms with Crippen LogP contribution < -0.4 is 0 Å². The lowest BCUT2D eigenvalue weighted by molar-refractivity contribution is -0.136. The summed E-state index contributed by atoms with van der Waals surface area (Å²) >= 11 is 6.17. The highest BCUT2D eigenvalue weighted by atomic mass is 35.5. The fourth-order valence-corrected chi connectivity index (χ4v) is 3.42. The van der Waals surface area contributed by atoms with Crippen molar-refractivity contribution in [3.63, 3.8) is 0 Å². The first-order valence-electron chi connectivity index (χ1n) is 9.39. The summed E-state index contributed by atoms with van der Waals surface area (Å²) in [6.07, 6.45) is 9.43. The molecule has 1 aliphatic rings. The van der Waals surface area contributed by atoms with Gasteiger partial charge in [-0.05, 0) is 18.9 Å². The van der Waals surface area contributed by atoms with Gasteiger partial charge in [-0.2, -0.15) is 0 Å². The number of rotatable bonds is 10. The first-order valence-corrected chi connectivity index (χ1v) is 9.77. The van der Waals surface area contributed by atoms with Crippen molar-refractivity contribution < 1.29 is 9.59 Å². The van der Waals surface area contributed by atoms with Crippen molar-refractivity contribution in [2.24, 2.45) is 0 Å². The van der Waals surface area contributed by atoms with Crippen molar-refractivity contribution in [1.29, 1.82) is 0 Å². The lowest BCUT2D eigenvalue weighted by Crippen LogP contribution is -2.32. The van der Waals surface area contributed by atoms with Crippen LogP contribution in [0.2, 0.25) is 0 Å². The second kappa shape index (κ2) is 9.76. The van der Waals surface area contributed by atoms with Crippen LogP contribution in [-0.4, -0.2) is 23.3 Å². The predicted octanol–water partition coefficient (Wildman–Crippen LogP) is 5.45. The van der Waals surface area contributed by atoms with Crippen LogP contribution in [0.25, 0.3) is 5.57 Å². The number of aryl methyl sites for hydroxylation is 1. The molecule has 1 aromatic rings. The molecule has 1 heterocycles. The molecule has 0 radical (unpaired) electrons. The van der Waals surface area contributed by atoms with E-state index in [0.29, 0.717) is 17.7 Å². The number of amides is 2. The van der Waals surface area contributed by atoms with E-state index in [0.717, 1.165) is 24.8 Å². The average molecular weight is 362 g/mol. The van der Waals surface area contributed by atoms with Crippen molar-refractivity contribution in [3.8, 4) is 0 Å². The minimum atomic E-state index is -0.356. The number of benzene rings is 1. The summed E-state index contributed by atoms with van der Waals surface area (Å²) < 4.78 is 0. The number of carbonyl (C=O) groups excluding carboxylic acids is 2. The quantitative estimate of drug-likeness (QED) is 0.410. The van der Waals surface area contributed by atoms with Gasteiger partial charge in [0, 0.05) is 6.54 Å². The predicted molar refractivity (Wildman–Crippen MR) is 103 cm³/mol. The summed E-state index contributed by atoms with van der Waals surface area (Å²) in [4.78, 5) is 26.2. The number of nitrogens with zero attached hydrogens (tertiary/aromatic N) is 1. The smallest absolute Gasteiger partial charge is 0.273 e. The van der Waals surface area contributed by atoms with Gasteiger partial charge in [-0.25, -0.2) is 0 Å². The van der Waals surface area contributed by atoms with E-state index >= 15 is 0 Å². The molecule has 4 heteroatoms. The van der Waals surface area contributed by atoms with Crippen LogP contribution in [0.4, 0.5) is 0 Å². The van der Waals surface area contributed by atoms with Gasteiger partial charge in [0.25, 0.3) is 11.8 Å². The van der Waals surface area contributed by atoms with Gasteiger partial charge in [0.15, 0.2) is 0 Å². The van der Waals surface area contributed by atoms with Crippen LogP contribution in [0.1, 0.15) is 69.4 Å². The molecule has 0 N–H and O–H groups in total. The molecule has 136 valence electrons. The Morgan fingerprint density at radius 2 is 1.40 bits per heavy atom. The molecule has 0 unspecified atom stereocenters. The van der Waals surface area contributed by atoms with Gasteiger partial charge in [0.1, 0.15) is 5.03 Å². The number of halogens is 1. The molecule has 0 saturated carbocycles. The van der Waals surface area contributed by atoms with Crippen molar-refractivity contribution in [1.82, 2.24) is 4.90 Å². The molecular weight excluding hydrogens is 334 g/mol. The third-order valence-electron chi connectivity index (χ3n) is 4.69. The second-order valence-electron chi connectivity index (χ2n) is 6.79. The highest BCUT2D eigenvalue weighted by molar-refractivity contribution is 6.55. The van der Waals surface area contributed by atoms with Gasteiger partial charge in [0.2, 0.25) is 0 Å². The van der Waals surface area contributed by atoms with Crippen molar-refractivity contribution in [3.05, 3.63) is 40.4 Å². The minimum absolute atomic E-state index is 0.0495. The van der Waals surface area contributed by atoms with E-state index < -0.39 is 0 Å². The lowest BCUT2D eigenvalue weighted by Gasteiger charge is -2.14. The molecule has 0 spiro atoms. The molecule has 0 saturated heterocycles. The molecule has 25 heavy (non-hydrogen) atoms. The highest BCUT2D eigenvalue weighted by Gasteiger charge is 2.37. The van der Waals surface area contributed by atoms with E-state index in [1.807, 2.05) is 31.2 Å². The number of hydrogen-bond acceptors (Lipinski definition) is 2. The van der Waals surface area contributed by atoms with Gasteiger partial charge in [0.05, 0.1) is 5.57 Å². The third-order valence-corrected chi connectivity index (χ3v) is 5.04. The summed E-state index contributed by atoms with van der Waals surface area (Å²) in [5, 5.41) is 0.0495. The standard InChI is InChI=1S/C21H28ClNO2/c1-3-4-5-6-7-8-9-10-15-23-20(24)18(19(22)21(23)25)17-13-11-16(2)12-14-17/h11-14H,3-10,15H2,1-2H3. The molecule has 2 amide bonds. The Balaban J connectivity index is 1.83. The zero-order chi connectivity index (χ0) is 18.2. The second-order valence-corrected chi connectivity index (χ2v) is 7.17. The summed E-state index contributed by atoms with van der Waals surface area (Å²) in [5.41, 5.74) is 2.16. The Hall–Kier alpha value is -1.61. The van der Waals surface area contributed by atoms with Crippen LogP contribution in [0, 0.1) is 6.92 Å². The zero-order valence-corrected chi connectivity index (χ0v) is 16.1.